The van der Waals surface area contributed by atoms with Gasteiger partial charge in [-0.15, -0.1) is 0 Å². The van der Waals surface area contributed by atoms with E-state index in [0.29, 0.717) is 23.0 Å². The predicted octanol–water partition coefficient (Wildman–Crippen LogP) is 14.4. The zero-order valence-corrected chi connectivity index (χ0v) is 32.1. The maximum atomic E-state index is 6.94. The minimum Gasteiger partial charge on any atom is -0.611 e. The van der Waals surface area contributed by atoms with Crippen molar-refractivity contribution in [1.82, 2.24) is 0 Å². The normalized spacial score (nSPS) is 12.5. The Labute approximate surface area is 314 Å². The molecule has 2 heterocycles. The Kier molecular flexibility index (Phi) is 11.2. The van der Waals surface area contributed by atoms with E-state index in [1.807, 2.05) is 79.7 Å². The molecule has 0 saturated heterocycles. The molecule has 268 valence electrons. The number of benzene rings is 8. The molecule has 2 aliphatic heterocycles. The highest BCUT2D eigenvalue weighted by molar-refractivity contribution is 6.58. The summed E-state index contributed by atoms with van der Waals surface area (Å²) in [5.74, 6) is 2.54. The van der Waals surface area contributed by atoms with Gasteiger partial charge in [-0.2, -0.15) is 0 Å². The van der Waals surface area contributed by atoms with Crippen LogP contribution in [0.4, 0.5) is 0 Å². The summed E-state index contributed by atoms with van der Waals surface area (Å²) < 4.78 is 27.8. The zero-order valence-electron chi connectivity index (χ0n) is 32.1. The fraction of sp³-hybridized carbons (Fsp3) is 0.167. The molecule has 53 heavy (non-hydrogen) atoms. The molecule has 8 aromatic rings. The van der Waals surface area contributed by atoms with Gasteiger partial charge in [0.1, 0.15) is 0 Å². The summed E-state index contributed by atoms with van der Waals surface area (Å²) in [4.78, 5) is 0. The van der Waals surface area contributed by atoms with Crippen LogP contribution in [-0.4, -0.2) is 6.96 Å². The van der Waals surface area contributed by atoms with Crippen LogP contribution in [0.25, 0.3) is 65.3 Å². The summed E-state index contributed by atoms with van der Waals surface area (Å²) in [6.45, 7) is 13.1. The molecule has 1 spiro atoms. The smallest absolute Gasteiger partial charge is 0.611 e. The lowest BCUT2D eigenvalue weighted by molar-refractivity contribution is 0.167. The van der Waals surface area contributed by atoms with Gasteiger partial charge >= 0.3 is 6.96 Å². The molecule has 0 fully saturated rings. The van der Waals surface area contributed by atoms with E-state index < -0.39 is 6.96 Å². The summed E-state index contributed by atoms with van der Waals surface area (Å²) in [7, 11) is 0. The molecule has 2 aliphatic rings. The number of hydrogen-bond acceptors (Lipinski definition) is 4. The summed E-state index contributed by atoms with van der Waals surface area (Å²) >= 11 is 0. The van der Waals surface area contributed by atoms with Gasteiger partial charge in [-0.05, 0) is 67.4 Å². The van der Waals surface area contributed by atoms with Crippen molar-refractivity contribution in [3.8, 4) is 45.3 Å². The van der Waals surface area contributed by atoms with Crippen LogP contribution in [0.2, 0.25) is 0 Å². The average molecular weight is 700 g/mol. The first-order chi connectivity index (χ1) is 26.2. The van der Waals surface area contributed by atoms with E-state index in [1.165, 1.54) is 0 Å². The van der Waals surface area contributed by atoms with Crippen molar-refractivity contribution in [2.45, 2.75) is 55.4 Å². The van der Waals surface area contributed by atoms with E-state index in [1.54, 1.807) is 0 Å². The molecule has 0 amide bonds. The second kappa shape index (κ2) is 16.2. The average Bonchev–Trinajstić information content (AvgIpc) is 3.48. The van der Waals surface area contributed by atoms with Crippen molar-refractivity contribution in [2.75, 3.05) is 0 Å². The first-order valence-corrected chi connectivity index (χ1v) is 19.2. The van der Waals surface area contributed by atoms with Gasteiger partial charge < -0.3 is 18.6 Å². The van der Waals surface area contributed by atoms with Crippen LogP contribution < -0.4 is 18.6 Å². The van der Waals surface area contributed by atoms with Gasteiger partial charge in [0.05, 0.1) is 23.0 Å². The van der Waals surface area contributed by atoms with Gasteiger partial charge in [-0.1, -0.05) is 177 Å². The molecule has 0 atom stereocenters. The molecule has 0 radical (unpaired) electrons. The Morgan fingerprint density at radius 2 is 0.472 bits per heavy atom. The molecule has 0 bridgehead atoms. The summed E-state index contributed by atoms with van der Waals surface area (Å²) in [6, 6.07) is 49.8. The van der Waals surface area contributed by atoms with Crippen LogP contribution >= 0.6 is 0 Å². The Hall–Kier alpha value is -5.94. The minimum atomic E-state index is -2.89. The lowest BCUT2D eigenvalue weighted by Crippen LogP contribution is -2.60. The second-order valence-corrected chi connectivity index (χ2v) is 11.7. The topological polar surface area (TPSA) is 36.9 Å². The van der Waals surface area contributed by atoms with Crippen molar-refractivity contribution < 1.29 is 18.6 Å². The molecule has 5 heteroatoms. The van der Waals surface area contributed by atoms with Gasteiger partial charge in [0, 0.05) is 22.3 Å². The predicted molar refractivity (Wildman–Crippen MR) is 227 cm³/mol. The molecule has 10 rings (SSSR count). The number of fused-ring (bicyclic) bond motifs is 14. The maximum absolute atomic E-state index is 6.94. The lowest BCUT2D eigenvalue weighted by atomic mass is 9.92. The quantitative estimate of drug-likeness (QED) is 0.148. The van der Waals surface area contributed by atoms with E-state index in [9.17, 15) is 0 Å². The number of hydrogen-bond donors (Lipinski definition) is 0. The van der Waals surface area contributed by atoms with Crippen LogP contribution in [0.3, 0.4) is 0 Å². The Morgan fingerprint density at radius 3 is 0.698 bits per heavy atom. The SMILES string of the molecule is CC.CC.CC.CC.c1ccc2c3c(ccc2c1)O[B-]1(Oc2ccc4ccccc4c2-3)Oc2ccc3ccccc3c2-c2c(ccc3ccccc23)O1. The molecule has 4 nitrogen and oxygen atoms in total. The molecule has 0 aliphatic carbocycles. The standard InChI is InChI=1S/C40H24BO4.4C2H6/c1-5-13-29-25(9-1)17-21-33-37(29)38-30-14-6-2-10-26(30)18-22-34(38)43-41(42-33)44-35-23-19-27-11-3-7-15-31(27)39(35)40-32-16-8-4-12-28(32)20-24-36(40)45-41;4*1-2/h1-24H;4*1-2H3/q-1;;;;. The van der Waals surface area contributed by atoms with Crippen LogP contribution in [0.1, 0.15) is 55.4 Å². The van der Waals surface area contributed by atoms with E-state index in [-0.39, 0.29) is 0 Å². The van der Waals surface area contributed by atoms with Gasteiger partial charge in [-0.25, -0.2) is 0 Å². The second-order valence-electron chi connectivity index (χ2n) is 11.7. The Balaban J connectivity index is 0.000000566. The molecule has 0 unspecified atom stereocenters. The van der Waals surface area contributed by atoms with E-state index in [4.69, 9.17) is 18.6 Å². The minimum absolute atomic E-state index is 0.635. The van der Waals surface area contributed by atoms with Crippen LogP contribution in [0.15, 0.2) is 146 Å². The molecule has 0 aromatic heterocycles. The lowest BCUT2D eigenvalue weighted by Gasteiger charge is -2.39. The molecular formula is C48H48BO4-. The Morgan fingerprint density at radius 1 is 0.264 bits per heavy atom. The van der Waals surface area contributed by atoms with E-state index in [0.717, 1.165) is 65.3 Å². The van der Waals surface area contributed by atoms with Gasteiger partial charge in [0.15, 0.2) is 0 Å². The fourth-order valence-corrected chi connectivity index (χ4v) is 7.20. The summed E-state index contributed by atoms with van der Waals surface area (Å²) in [5.41, 5.74) is 3.81. The van der Waals surface area contributed by atoms with Crippen molar-refractivity contribution in [3.05, 3.63) is 146 Å². The molecular weight excluding hydrogens is 651 g/mol. The zero-order chi connectivity index (χ0) is 37.5. The van der Waals surface area contributed by atoms with E-state index in [2.05, 4.69) is 121 Å². The van der Waals surface area contributed by atoms with Crippen LogP contribution in [0.5, 0.6) is 23.0 Å². The van der Waals surface area contributed by atoms with E-state index >= 15 is 0 Å². The molecule has 0 N–H and O–H groups in total. The largest absolute Gasteiger partial charge is 0.777 e. The summed E-state index contributed by atoms with van der Waals surface area (Å²) in [5, 5.41) is 8.70. The monoisotopic (exact) mass is 699 g/mol. The highest BCUT2D eigenvalue weighted by Crippen LogP contribution is 2.53. The van der Waals surface area contributed by atoms with Gasteiger partial charge in [0.2, 0.25) is 0 Å². The van der Waals surface area contributed by atoms with Gasteiger partial charge in [-0.3, -0.25) is 0 Å². The van der Waals surface area contributed by atoms with Crippen molar-refractivity contribution in [2.24, 2.45) is 0 Å². The third-order valence-electron chi connectivity index (χ3n) is 9.15. The van der Waals surface area contributed by atoms with Crippen LogP contribution in [-0.2, 0) is 0 Å². The first kappa shape index (κ1) is 36.8. The van der Waals surface area contributed by atoms with Gasteiger partial charge in [0.25, 0.3) is 0 Å². The first-order valence-electron chi connectivity index (χ1n) is 19.2. The summed E-state index contributed by atoms with van der Waals surface area (Å²) in [6.07, 6.45) is 0. The molecule has 0 saturated carbocycles. The third kappa shape index (κ3) is 6.42. The van der Waals surface area contributed by atoms with Crippen molar-refractivity contribution >= 4 is 50.0 Å². The van der Waals surface area contributed by atoms with Crippen LogP contribution in [0, 0.1) is 0 Å². The Bertz CT molecular complexity index is 2170. The number of rotatable bonds is 0. The van der Waals surface area contributed by atoms with Crippen molar-refractivity contribution in [1.29, 1.82) is 0 Å². The van der Waals surface area contributed by atoms with Crippen molar-refractivity contribution in [3.63, 3.8) is 0 Å². The fourth-order valence-electron chi connectivity index (χ4n) is 7.20. The highest BCUT2D eigenvalue weighted by Gasteiger charge is 2.48. The molecule has 8 aromatic carbocycles. The maximum Gasteiger partial charge on any atom is 0.777 e. The highest BCUT2D eigenvalue weighted by atomic mass is 16.9. The third-order valence-corrected chi connectivity index (χ3v) is 9.15.